The maximum Gasteiger partial charge on any atom is 0.239 e. The number of likely N-dealkylation sites (tertiary alicyclic amines) is 1. The second-order valence-corrected chi connectivity index (χ2v) is 9.62. The van der Waals surface area contributed by atoms with Gasteiger partial charge in [0.1, 0.15) is 0 Å². The van der Waals surface area contributed by atoms with E-state index in [1.165, 1.54) is 33.3 Å². The van der Waals surface area contributed by atoms with Gasteiger partial charge in [-0.05, 0) is 87.9 Å². The molecule has 1 atom stereocenters. The molecule has 1 amide bonds. The molecule has 1 unspecified atom stereocenters. The van der Waals surface area contributed by atoms with E-state index in [0.29, 0.717) is 11.8 Å². The fourth-order valence-corrected chi connectivity index (χ4v) is 5.12. The van der Waals surface area contributed by atoms with E-state index in [-0.39, 0.29) is 11.9 Å². The summed E-state index contributed by atoms with van der Waals surface area (Å²) >= 11 is 0. The molecule has 0 spiro atoms. The van der Waals surface area contributed by atoms with Crippen molar-refractivity contribution >= 4 is 16.8 Å². The molecular formula is C27H36N4O. The van der Waals surface area contributed by atoms with Crippen LogP contribution in [0.5, 0.6) is 0 Å². The highest BCUT2D eigenvalue weighted by Gasteiger charge is 2.27. The van der Waals surface area contributed by atoms with Crippen LogP contribution in [0.3, 0.4) is 0 Å². The molecular weight excluding hydrogens is 396 g/mol. The minimum absolute atomic E-state index is 0.116. The summed E-state index contributed by atoms with van der Waals surface area (Å²) in [6.45, 7) is 12.3. The molecule has 5 heteroatoms. The number of carbonyl (C=O) groups is 1. The van der Waals surface area contributed by atoms with Crippen LogP contribution in [0.1, 0.15) is 68.0 Å². The Bertz CT molecular complexity index is 1100. The van der Waals surface area contributed by atoms with Crippen molar-refractivity contribution in [3.05, 3.63) is 52.8 Å². The van der Waals surface area contributed by atoms with Crippen LogP contribution in [-0.4, -0.2) is 47.0 Å². The van der Waals surface area contributed by atoms with E-state index in [0.717, 1.165) is 37.3 Å². The first-order valence-corrected chi connectivity index (χ1v) is 11.9. The van der Waals surface area contributed by atoms with E-state index in [9.17, 15) is 4.79 Å². The lowest BCUT2D eigenvalue weighted by Crippen LogP contribution is -2.46. The van der Waals surface area contributed by atoms with Crippen molar-refractivity contribution < 1.29 is 4.79 Å². The predicted molar refractivity (Wildman–Crippen MR) is 132 cm³/mol. The number of benzene rings is 1. The lowest BCUT2D eigenvalue weighted by atomic mass is 9.87. The molecule has 1 aliphatic rings. The molecule has 3 heterocycles. The quantitative estimate of drug-likeness (QED) is 0.576. The van der Waals surface area contributed by atoms with E-state index in [1.807, 2.05) is 18.9 Å². The molecule has 32 heavy (non-hydrogen) atoms. The molecule has 0 saturated carbocycles. The maximum atomic E-state index is 12.5. The third kappa shape index (κ3) is 4.31. The zero-order valence-corrected chi connectivity index (χ0v) is 20.2. The highest BCUT2D eigenvalue weighted by molar-refractivity contribution is 5.92. The van der Waals surface area contributed by atoms with E-state index in [2.05, 4.69) is 73.3 Å². The average Bonchev–Trinajstić information content (AvgIpc) is 3.16. The van der Waals surface area contributed by atoms with Gasteiger partial charge in [0, 0.05) is 40.9 Å². The first kappa shape index (κ1) is 22.5. The molecule has 1 saturated heterocycles. The molecule has 2 N–H and O–H groups in total. The van der Waals surface area contributed by atoms with E-state index < -0.39 is 0 Å². The molecule has 4 rings (SSSR count). The van der Waals surface area contributed by atoms with Crippen molar-refractivity contribution in [1.82, 2.24) is 20.2 Å². The van der Waals surface area contributed by atoms with Crippen LogP contribution < -0.4 is 5.32 Å². The molecule has 0 bridgehead atoms. The third-order valence-corrected chi connectivity index (χ3v) is 6.89. The molecule has 0 aliphatic carbocycles. The molecule has 0 radical (unpaired) electrons. The number of nitrogens with one attached hydrogen (secondary N) is 2. The number of hydrogen-bond acceptors (Lipinski definition) is 3. The summed E-state index contributed by atoms with van der Waals surface area (Å²) in [7, 11) is 1.84. The number of hydrogen-bond donors (Lipinski definition) is 2. The third-order valence-electron chi connectivity index (χ3n) is 6.89. The Morgan fingerprint density at radius 1 is 1.09 bits per heavy atom. The van der Waals surface area contributed by atoms with Crippen LogP contribution in [0.25, 0.3) is 22.2 Å². The second kappa shape index (κ2) is 9.07. The van der Waals surface area contributed by atoms with Crippen molar-refractivity contribution in [2.75, 3.05) is 20.1 Å². The molecule has 3 aromatic rings. The van der Waals surface area contributed by atoms with Gasteiger partial charge in [0.2, 0.25) is 5.91 Å². The zero-order chi connectivity index (χ0) is 23.0. The number of carbonyl (C=O) groups excluding carboxylic acids is 1. The van der Waals surface area contributed by atoms with Gasteiger partial charge in [0.25, 0.3) is 0 Å². The number of H-pyrrole nitrogens is 1. The average molecular weight is 433 g/mol. The summed E-state index contributed by atoms with van der Waals surface area (Å²) in [5.41, 5.74) is 8.47. The minimum Gasteiger partial charge on any atom is -0.354 e. The first-order valence-electron chi connectivity index (χ1n) is 11.9. The largest absolute Gasteiger partial charge is 0.354 e. The first-order chi connectivity index (χ1) is 15.3. The number of amides is 1. The van der Waals surface area contributed by atoms with Crippen molar-refractivity contribution in [2.24, 2.45) is 0 Å². The van der Waals surface area contributed by atoms with E-state index in [1.54, 1.807) is 0 Å². The Balaban J connectivity index is 1.65. The fourth-order valence-electron chi connectivity index (χ4n) is 5.12. The summed E-state index contributed by atoms with van der Waals surface area (Å²) in [6.07, 6.45) is 2.04. The van der Waals surface area contributed by atoms with Crippen LogP contribution in [0.4, 0.5) is 0 Å². The standard InChI is InChI=1S/C27H36N4O/c1-16(2)25-23-15-21(20-9-11-31(12-10-20)27(32)19(5)28-6)7-8-24(23)30-26(25)22-13-17(3)29-18(4)14-22/h7-8,13-16,19-20,28,30H,9-12H2,1-6H3. The van der Waals surface area contributed by atoms with Crippen molar-refractivity contribution in [3.8, 4) is 11.3 Å². The monoisotopic (exact) mass is 432 g/mol. The number of piperidine rings is 1. The lowest BCUT2D eigenvalue weighted by Gasteiger charge is -2.33. The summed E-state index contributed by atoms with van der Waals surface area (Å²) < 4.78 is 0. The smallest absolute Gasteiger partial charge is 0.239 e. The van der Waals surface area contributed by atoms with E-state index >= 15 is 0 Å². The van der Waals surface area contributed by atoms with Gasteiger partial charge in [0.15, 0.2) is 0 Å². The van der Waals surface area contributed by atoms with Gasteiger partial charge in [-0.1, -0.05) is 19.9 Å². The van der Waals surface area contributed by atoms with Crippen LogP contribution in [0, 0.1) is 13.8 Å². The number of aryl methyl sites for hydroxylation is 2. The number of nitrogens with zero attached hydrogens (tertiary/aromatic N) is 2. The summed E-state index contributed by atoms with van der Waals surface area (Å²) in [5.74, 6) is 1.11. The molecule has 1 fully saturated rings. The number of rotatable bonds is 5. The predicted octanol–water partition coefficient (Wildman–Crippen LogP) is 5.28. The topological polar surface area (TPSA) is 61.0 Å². The zero-order valence-electron chi connectivity index (χ0n) is 20.2. The fraction of sp³-hybridized carbons (Fsp3) is 0.481. The number of aromatic nitrogens is 2. The van der Waals surface area contributed by atoms with E-state index in [4.69, 9.17) is 0 Å². The van der Waals surface area contributed by atoms with Crippen molar-refractivity contribution in [2.45, 2.75) is 65.3 Å². The van der Waals surface area contributed by atoms with Gasteiger partial charge in [-0.2, -0.15) is 0 Å². The summed E-state index contributed by atoms with van der Waals surface area (Å²) in [4.78, 5) is 22.8. The number of pyridine rings is 1. The van der Waals surface area contributed by atoms with Crippen LogP contribution >= 0.6 is 0 Å². The van der Waals surface area contributed by atoms with Gasteiger partial charge in [-0.25, -0.2) is 0 Å². The normalized spacial score (nSPS) is 16.2. The Labute approximate surface area is 191 Å². The molecule has 2 aromatic heterocycles. The Hall–Kier alpha value is -2.66. The second-order valence-electron chi connectivity index (χ2n) is 9.62. The maximum absolute atomic E-state index is 12.5. The summed E-state index contributed by atoms with van der Waals surface area (Å²) in [5, 5.41) is 4.39. The minimum atomic E-state index is -0.116. The molecule has 5 nitrogen and oxygen atoms in total. The van der Waals surface area contributed by atoms with Gasteiger partial charge in [-0.3, -0.25) is 9.78 Å². The highest BCUT2D eigenvalue weighted by atomic mass is 16.2. The van der Waals surface area contributed by atoms with Crippen molar-refractivity contribution in [3.63, 3.8) is 0 Å². The van der Waals surface area contributed by atoms with Gasteiger partial charge in [0.05, 0.1) is 11.7 Å². The molecule has 1 aromatic carbocycles. The number of likely N-dealkylation sites (N-methyl/N-ethyl adjacent to an activating group) is 1. The van der Waals surface area contributed by atoms with Crippen LogP contribution in [-0.2, 0) is 4.79 Å². The molecule has 1 aliphatic heterocycles. The van der Waals surface area contributed by atoms with Crippen molar-refractivity contribution in [1.29, 1.82) is 0 Å². The SMILES string of the molecule is CNC(C)C(=O)N1CCC(c2ccc3[nH]c(-c4cc(C)nc(C)c4)c(C(C)C)c3c2)CC1. The van der Waals surface area contributed by atoms with Gasteiger partial charge < -0.3 is 15.2 Å². The number of fused-ring (bicyclic) bond motifs is 1. The van der Waals surface area contributed by atoms with Crippen LogP contribution in [0.15, 0.2) is 30.3 Å². The van der Waals surface area contributed by atoms with Crippen LogP contribution in [0.2, 0.25) is 0 Å². The van der Waals surface area contributed by atoms with Gasteiger partial charge >= 0.3 is 0 Å². The summed E-state index contributed by atoms with van der Waals surface area (Å²) in [6, 6.07) is 11.1. The molecule has 170 valence electrons. The lowest BCUT2D eigenvalue weighted by molar-refractivity contribution is -0.133. The number of aromatic amines is 1. The Morgan fingerprint density at radius 2 is 1.75 bits per heavy atom. The van der Waals surface area contributed by atoms with Gasteiger partial charge in [-0.15, -0.1) is 0 Å². The highest BCUT2D eigenvalue weighted by Crippen LogP contribution is 2.38. The Morgan fingerprint density at radius 3 is 2.34 bits per heavy atom. The Kier molecular flexibility index (Phi) is 6.38.